The van der Waals surface area contributed by atoms with Crippen LogP contribution in [0, 0.1) is 19.7 Å². The maximum Gasteiger partial charge on any atom is 0.248 e. The standard InChI is InChI=1S/C27H29FN2O2S/c1-18-9-10-19(2)24(16-18)30(25(31)17-23-8-5-15-33-23)26(20-11-13-21(28)14-12-20)27(32)29-22-6-3-4-7-22/h5,8-16,22,26H,3-4,6-7,17H2,1-2H3,(H,29,32)/t26-/m1/s1. The fourth-order valence-corrected chi connectivity index (χ4v) is 5.15. The number of carbonyl (C=O) groups is 2. The molecule has 2 aromatic carbocycles. The second-order valence-electron chi connectivity index (χ2n) is 8.75. The van der Waals surface area contributed by atoms with Gasteiger partial charge in [0.05, 0.1) is 6.42 Å². The van der Waals surface area contributed by atoms with Crippen LogP contribution in [-0.4, -0.2) is 17.9 Å². The Hall–Kier alpha value is -2.99. The van der Waals surface area contributed by atoms with Crippen LogP contribution in [0.15, 0.2) is 60.0 Å². The number of benzene rings is 2. The molecule has 0 spiro atoms. The number of anilines is 1. The van der Waals surface area contributed by atoms with Gasteiger partial charge in [-0.3, -0.25) is 14.5 Å². The van der Waals surface area contributed by atoms with Crippen LogP contribution in [0.1, 0.15) is 53.3 Å². The van der Waals surface area contributed by atoms with E-state index < -0.39 is 6.04 Å². The van der Waals surface area contributed by atoms with Crippen molar-refractivity contribution in [3.8, 4) is 0 Å². The first-order chi connectivity index (χ1) is 15.9. The summed E-state index contributed by atoms with van der Waals surface area (Å²) >= 11 is 1.52. The number of aryl methyl sites for hydroxylation is 2. The molecule has 1 aromatic heterocycles. The van der Waals surface area contributed by atoms with Crippen molar-refractivity contribution in [3.05, 3.63) is 87.4 Å². The van der Waals surface area contributed by atoms with Crippen LogP contribution >= 0.6 is 11.3 Å². The maximum absolute atomic E-state index is 13.8. The maximum atomic E-state index is 13.8. The van der Waals surface area contributed by atoms with E-state index in [1.807, 2.05) is 49.6 Å². The van der Waals surface area contributed by atoms with Crippen molar-refractivity contribution in [2.75, 3.05) is 4.90 Å². The molecule has 1 fully saturated rings. The van der Waals surface area contributed by atoms with E-state index >= 15 is 0 Å². The molecule has 0 bridgehead atoms. The molecule has 4 nitrogen and oxygen atoms in total. The summed E-state index contributed by atoms with van der Waals surface area (Å²) in [5.74, 6) is -0.770. The molecule has 2 amide bonds. The number of rotatable bonds is 7. The van der Waals surface area contributed by atoms with Crippen LogP contribution in [0.25, 0.3) is 0 Å². The van der Waals surface area contributed by atoms with Crippen molar-refractivity contribution in [1.82, 2.24) is 5.32 Å². The van der Waals surface area contributed by atoms with Gasteiger partial charge in [0.2, 0.25) is 11.8 Å². The highest BCUT2D eigenvalue weighted by molar-refractivity contribution is 7.10. The first-order valence-corrected chi connectivity index (χ1v) is 12.3. The van der Waals surface area contributed by atoms with Gasteiger partial charge in [-0.25, -0.2) is 4.39 Å². The van der Waals surface area contributed by atoms with E-state index in [1.165, 1.54) is 23.5 Å². The Morgan fingerprint density at radius 2 is 1.82 bits per heavy atom. The molecule has 4 rings (SSSR count). The molecule has 1 N–H and O–H groups in total. The van der Waals surface area contributed by atoms with Crippen LogP contribution in [0.4, 0.5) is 10.1 Å². The third-order valence-electron chi connectivity index (χ3n) is 6.19. The molecule has 1 heterocycles. The van der Waals surface area contributed by atoms with E-state index in [0.29, 0.717) is 11.3 Å². The molecule has 1 aliphatic carbocycles. The van der Waals surface area contributed by atoms with Crippen molar-refractivity contribution in [2.45, 2.75) is 58.0 Å². The minimum Gasteiger partial charge on any atom is -0.351 e. The van der Waals surface area contributed by atoms with Crippen molar-refractivity contribution in [2.24, 2.45) is 0 Å². The van der Waals surface area contributed by atoms with Crippen molar-refractivity contribution in [3.63, 3.8) is 0 Å². The molecular formula is C27H29FN2O2S. The summed E-state index contributed by atoms with van der Waals surface area (Å²) in [5.41, 5.74) is 3.19. The van der Waals surface area contributed by atoms with Gasteiger partial charge in [0, 0.05) is 16.6 Å². The zero-order valence-electron chi connectivity index (χ0n) is 19.0. The van der Waals surface area contributed by atoms with Gasteiger partial charge in [-0.1, -0.05) is 43.2 Å². The van der Waals surface area contributed by atoms with Gasteiger partial charge in [0.25, 0.3) is 0 Å². The summed E-state index contributed by atoms with van der Waals surface area (Å²) in [6.07, 6.45) is 4.25. The highest BCUT2D eigenvalue weighted by Crippen LogP contribution is 2.33. The first kappa shape index (κ1) is 23.2. The number of hydrogen-bond donors (Lipinski definition) is 1. The molecule has 0 saturated heterocycles. The number of amides is 2. The summed E-state index contributed by atoms with van der Waals surface area (Å²) in [7, 11) is 0. The lowest BCUT2D eigenvalue weighted by Crippen LogP contribution is -2.47. The van der Waals surface area contributed by atoms with Gasteiger partial charge < -0.3 is 5.32 Å². The Balaban J connectivity index is 1.80. The molecular weight excluding hydrogens is 435 g/mol. The second kappa shape index (κ2) is 10.3. The smallest absolute Gasteiger partial charge is 0.248 e. The monoisotopic (exact) mass is 464 g/mol. The largest absolute Gasteiger partial charge is 0.351 e. The Morgan fingerprint density at radius 1 is 1.09 bits per heavy atom. The van der Waals surface area contributed by atoms with Crippen LogP contribution in [0.3, 0.4) is 0 Å². The normalized spacial score (nSPS) is 14.8. The zero-order chi connectivity index (χ0) is 23.4. The molecule has 3 aromatic rings. The average Bonchev–Trinajstić information content (AvgIpc) is 3.49. The summed E-state index contributed by atoms with van der Waals surface area (Å²) in [6, 6.07) is 14.9. The van der Waals surface area contributed by atoms with E-state index in [9.17, 15) is 14.0 Å². The number of nitrogens with zero attached hydrogens (tertiary/aromatic N) is 1. The molecule has 6 heteroatoms. The number of carbonyl (C=O) groups excluding carboxylic acids is 2. The molecule has 1 aliphatic rings. The molecule has 1 saturated carbocycles. The Kier molecular flexibility index (Phi) is 7.23. The lowest BCUT2D eigenvalue weighted by molar-refractivity contribution is -0.127. The van der Waals surface area contributed by atoms with Gasteiger partial charge in [-0.15, -0.1) is 11.3 Å². The van der Waals surface area contributed by atoms with E-state index in [0.717, 1.165) is 41.7 Å². The van der Waals surface area contributed by atoms with Crippen molar-refractivity contribution >= 4 is 28.8 Å². The quantitative estimate of drug-likeness (QED) is 0.475. The topological polar surface area (TPSA) is 49.4 Å². The van der Waals surface area contributed by atoms with Crippen LogP contribution in [0.2, 0.25) is 0 Å². The number of nitrogens with one attached hydrogen (secondary N) is 1. The van der Waals surface area contributed by atoms with Gasteiger partial charge >= 0.3 is 0 Å². The summed E-state index contributed by atoms with van der Waals surface area (Å²) < 4.78 is 13.8. The zero-order valence-corrected chi connectivity index (χ0v) is 19.8. The van der Waals surface area contributed by atoms with Gasteiger partial charge in [-0.2, -0.15) is 0 Å². The Bertz CT molecular complexity index is 1110. The van der Waals surface area contributed by atoms with Crippen LogP contribution < -0.4 is 10.2 Å². The van der Waals surface area contributed by atoms with Gasteiger partial charge in [0.1, 0.15) is 11.9 Å². The summed E-state index contributed by atoms with van der Waals surface area (Å²) in [5, 5.41) is 5.11. The fraction of sp³-hybridized carbons (Fsp3) is 0.333. The second-order valence-corrected chi connectivity index (χ2v) is 9.79. The lowest BCUT2D eigenvalue weighted by Gasteiger charge is -2.33. The Morgan fingerprint density at radius 3 is 2.48 bits per heavy atom. The van der Waals surface area contributed by atoms with Crippen molar-refractivity contribution in [1.29, 1.82) is 0 Å². The van der Waals surface area contributed by atoms with E-state index in [1.54, 1.807) is 17.0 Å². The molecule has 0 unspecified atom stereocenters. The predicted molar refractivity (Wildman–Crippen MR) is 131 cm³/mol. The third-order valence-corrected chi connectivity index (χ3v) is 7.07. The third kappa shape index (κ3) is 5.50. The van der Waals surface area contributed by atoms with E-state index in [4.69, 9.17) is 0 Å². The van der Waals surface area contributed by atoms with E-state index in [2.05, 4.69) is 5.32 Å². The molecule has 0 radical (unpaired) electrons. The SMILES string of the molecule is Cc1ccc(C)c(N(C(=O)Cc2cccs2)[C@@H](C(=O)NC2CCCC2)c2ccc(F)cc2)c1. The Labute approximate surface area is 198 Å². The highest BCUT2D eigenvalue weighted by atomic mass is 32.1. The number of halogens is 1. The minimum atomic E-state index is -0.890. The van der Waals surface area contributed by atoms with Crippen LogP contribution in [0.5, 0.6) is 0 Å². The fourth-order valence-electron chi connectivity index (χ4n) is 4.46. The molecule has 1 atom stereocenters. The minimum absolute atomic E-state index is 0.105. The molecule has 33 heavy (non-hydrogen) atoms. The van der Waals surface area contributed by atoms with Crippen molar-refractivity contribution < 1.29 is 14.0 Å². The summed E-state index contributed by atoms with van der Waals surface area (Å²) in [6.45, 7) is 3.91. The molecule has 0 aliphatic heterocycles. The highest BCUT2D eigenvalue weighted by Gasteiger charge is 2.35. The lowest BCUT2D eigenvalue weighted by atomic mass is 10.00. The van der Waals surface area contributed by atoms with Gasteiger partial charge in [0.15, 0.2) is 0 Å². The van der Waals surface area contributed by atoms with Gasteiger partial charge in [-0.05, 0) is 73.0 Å². The predicted octanol–water partition coefficient (Wildman–Crippen LogP) is 5.88. The molecule has 172 valence electrons. The number of thiophene rings is 1. The number of hydrogen-bond acceptors (Lipinski definition) is 3. The van der Waals surface area contributed by atoms with E-state index in [-0.39, 0.29) is 30.1 Å². The first-order valence-electron chi connectivity index (χ1n) is 11.4. The summed E-state index contributed by atoms with van der Waals surface area (Å²) in [4.78, 5) is 30.0. The average molecular weight is 465 g/mol. The van der Waals surface area contributed by atoms with Crippen LogP contribution in [-0.2, 0) is 16.0 Å².